The summed E-state index contributed by atoms with van der Waals surface area (Å²) in [5, 5.41) is 31.1. The zero-order chi connectivity index (χ0) is 30.5. The molecule has 0 amide bonds. The Labute approximate surface area is 253 Å². The summed E-state index contributed by atoms with van der Waals surface area (Å²) in [6.45, 7) is 1.42. The highest BCUT2D eigenvalue weighted by molar-refractivity contribution is 6.32. The van der Waals surface area contributed by atoms with Gasteiger partial charge in [0.1, 0.15) is 42.1 Å². The molecule has 0 spiro atoms. The summed E-state index contributed by atoms with van der Waals surface area (Å²) in [5.41, 5.74) is 5.87. The second-order valence-electron chi connectivity index (χ2n) is 10.3. The zero-order valence-corrected chi connectivity index (χ0v) is 24.1. The predicted octanol–water partition coefficient (Wildman–Crippen LogP) is 5.90. The number of aromatic nitrogens is 1. The van der Waals surface area contributed by atoms with Gasteiger partial charge in [-0.1, -0.05) is 41.9 Å². The van der Waals surface area contributed by atoms with Crippen LogP contribution in [0.4, 0.5) is 4.39 Å². The molecule has 43 heavy (non-hydrogen) atoms. The molecular weight excluding hydrogens is 573 g/mol. The first-order valence-corrected chi connectivity index (χ1v) is 14.1. The maximum Gasteiger partial charge on any atom is 0.323 e. The fourth-order valence-electron chi connectivity index (χ4n) is 5.29. The first kappa shape index (κ1) is 30.0. The fourth-order valence-corrected chi connectivity index (χ4v) is 5.52. The van der Waals surface area contributed by atoms with Crippen molar-refractivity contribution in [3.05, 3.63) is 111 Å². The molecule has 0 saturated carbocycles. The van der Waals surface area contributed by atoms with Crippen LogP contribution in [0.2, 0.25) is 5.02 Å². The number of hydrogen-bond donors (Lipinski definition) is 3. The van der Waals surface area contributed by atoms with Gasteiger partial charge in [0.2, 0.25) is 0 Å². The van der Waals surface area contributed by atoms with Crippen LogP contribution in [0.25, 0.3) is 11.1 Å². The van der Waals surface area contributed by atoms with Crippen molar-refractivity contribution in [1.29, 1.82) is 5.26 Å². The number of carboxylic acids is 1. The summed E-state index contributed by atoms with van der Waals surface area (Å²) in [7, 11) is 0. The van der Waals surface area contributed by atoms with Crippen molar-refractivity contribution in [1.82, 2.24) is 10.3 Å². The second-order valence-corrected chi connectivity index (χ2v) is 10.7. The smallest absolute Gasteiger partial charge is 0.323 e. The van der Waals surface area contributed by atoms with Gasteiger partial charge in [-0.2, -0.15) is 5.26 Å². The number of carboxylic acid groups (broad SMARTS) is 1. The average molecular weight is 602 g/mol. The van der Waals surface area contributed by atoms with Gasteiger partial charge in [0.15, 0.2) is 0 Å². The molecule has 0 aliphatic heterocycles. The molecule has 1 aliphatic rings. The monoisotopic (exact) mass is 601 g/mol. The maximum atomic E-state index is 14.9. The summed E-state index contributed by atoms with van der Waals surface area (Å²) in [6, 6.07) is 16.7. The van der Waals surface area contributed by atoms with Crippen LogP contribution in [0.3, 0.4) is 0 Å². The molecule has 220 valence electrons. The highest BCUT2D eigenvalue weighted by atomic mass is 35.5. The van der Waals surface area contributed by atoms with E-state index >= 15 is 0 Å². The Hall–Kier alpha value is -4.49. The topological polar surface area (TPSA) is 125 Å². The van der Waals surface area contributed by atoms with Gasteiger partial charge in [0, 0.05) is 41.7 Å². The average Bonchev–Trinajstić information content (AvgIpc) is 3.41. The Bertz CT molecular complexity index is 1690. The maximum absolute atomic E-state index is 14.9. The fraction of sp³-hybridized carbons (Fsp3) is 0.242. The molecule has 5 rings (SSSR count). The van der Waals surface area contributed by atoms with E-state index < -0.39 is 18.6 Å². The van der Waals surface area contributed by atoms with Gasteiger partial charge >= 0.3 is 5.97 Å². The molecule has 4 aromatic rings. The van der Waals surface area contributed by atoms with Crippen molar-refractivity contribution in [2.24, 2.45) is 0 Å². The van der Waals surface area contributed by atoms with Crippen LogP contribution >= 0.6 is 11.6 Å². The molecule has 8 nitrogen and oxygen atoms in total. The van der Waals surface area contributed by atoms with Crippen LogP contribution in [0.1, 0.15) is 45.9 Å². The van der Waals surface area contributed by atoms with Crippen molar-refractivity contribution < 1.29 is 28.9 Å². The molecule has 1 aliphatic carbocycles. The van der Waals surface area contributed by atoms with E-state index in [1.54, 1.807) is 30.5 Å². The van der Waals surface area contributed by atoms with E-state index in [4.69, 9.17) is 21.1 Å². The van der Waals surface area contributed by atoms with Gasteiger partial charge < -0.3 is 19.7 Å². The summed E-state index contributed by atoms with van der Waals surface area (Å²) < 4.78 is 27.4. The molecule has 0 radical (unpaired) electrons. The van der Waals surface area contributed by atoms with E-state index in [2.05, 4.69) is 10.3 Å². The summed E-state index contributed by atoms with van der Waals surface area (Å²) in [6.07, 6.45) is 4.07. The lowest BCUT2D eigenvalue weighted by Crippen LogP contribution is -2.39. The van der Waals surface area contributed by atoms with Crippen LogP contribution < -0.4 is 14.8 Å². The lowest BCUT2D eigenvalue weighted by Gasteiger charge is -2.20. The standard InChI is InChI=1S/C33H29ClFN3O5/c1-19-4-2-7-27(35)32(19)25-6-3-5-24-23(25)8-9-29(24)43-31-12-30(42-18-21-10-20(13-36)14-37-15-21)22(11-26(31)34)16-38-28(17-39)33(40)41/h2-7,10-12,14-15,28-29,38-39H,8-9,16-18H2,1H3,(H,40,41)/t28-,29-/m0/s1. The van der Waals surface area contributed by atoms with Crippen LogP contribution in [0.5, 0.6) is 11.5 Å². The van der Waals surface area contributed by atoms with Crippen molar-refractivity contribution in [2.75, 3.05) is 6.61 Å². The Morgan fingerprint density at radius 2 is 2.02 bits per heavy atom. The number of aryl methyl sites for hydroxylation is 1. The van der Waals surface area contributed by atoms with E-state index in [0.717, 1.165) is 22.3 Å². The molecule has 0 bridgehead atoms. The zero-order valence-electron chi connectivity index (χ0n) is 23.3. The van der Waals surface area contributed by atoms with Crippen molar-refractivity contribution >= 4 is 17.6 Å². The Morgan fingerprint density at radius 1 is 1.21 bits per heavy atom. The van der Waals surface area contributed by atoms with Crippen LogP contribution in [-0.4, -0.2) is 33.8 Å². The Morgan fingerprint density at radius 3 is 2.77 bits per heavy atom. The first-order valence-electron chi connectivity index (χ1n) is 13.7. The molecular formula is C33H29ClFN3O5. The number of nitrogens with one attached hydrogen (secondary N) is 1. The third-order valence-corrected chi connectivity index (χ3v) is 7.72. The summed E-state index contributed by atoms with van der Waals surface area (Å²) in [5.74, 6) is -0.717. The van der Waals surface area contributed by atoms with Crippen molar-refractivity contribution in [3.63, 3.8) is 0 Å². The van der Waals surface area contributed by atoms with Gasteiger partial charge in [0.25, 0.3) is 0 Å². The van der Waals surface area contributed by atoms with Crippen LogP contribution in [-0.2, 0) is 24.4 Å². The quantitative estimate of drug-likeness (QED) is 0.194. The minimum absolute atomic E-state index is 0.0426. The predicted molar refractivity (Wildman–Crippen MR) is 158 cm³/mol. The molecule has 2 atom stereocenters. The number of carbonyl (C=O) groups is 1. The highest BCUT2D eigenvalue weighted by Gasteiger charge is 2.29. The van der Waals surface area contributed by atoms with E-state index in [9.17, 15) is 24.7 Å². The number of hydrogen-bond acceptors (Lipinski definition) is 7. The number of aliphatic carboxylic acids is 1. The lowest BCUT2D eigenvalue weighted by molar-refractivity contribution is -0.140. The summed E-state index contributed by atoms with van der Waals surface area (Å²) in [4.78, 5) is 15.5. The Kier molecular flexibility index (Phi) is 9.22. The highest BCUT2D eigenvalue weighted by Crippen LogP contribution is 2.43. The van der Waals surface area contributed by atoms with Gasteiger partial charge in [-0.25, -0.2) is 4.39 Å². The van der Waals surface area contributed by atoms with E-state index in [0.29, 0.717) is 51.6 Å². The number of fused-ring (bicyclic) bond motifs is 1. The minimum atomic E-state index is -1.19. The van der Waals surface area contributed by atoms with Gasteiger partial charge in [0.05, 0.1) is 17.2 Å². The number of rotatable bonds is 11. The third kappa shape index (κ3) is 6.62. The van der Waals surface area contributed by atoms with E-state index in [1.165, 1.54) is 12.3 Å². The molecule has 1 aromatic heterocycles. The van der Waals surface area contributed by atoms with Gasteiger partial charge in [-0.05, 0) is 60.2 Å². The third-order valence-electron chi connectivity index (χ3n) is 7.43. The number of pyridine rings is 1. The molecule has 0 unspecified atom stereocenters. The normalized spacial score (nSPS) is 14.5. The number of ether oxygens (including phenoxy) is 2. The van der Waals surface area contributed by atoms with E-state index in [-0.39, 0.29) is 25.1 Å². The first-order chi connectivity index (χ1) is 20.8. The largest absolute Gasteiger partial charge is 0.488 e. The van der Waals surface area contributed by atoms with Crippen molar-refractivity contribution in [3.8, 4) is 28.7 Å². The second kappa shape index (κ2) is 13.2. The number of benzene rings is 3. The van der Waals surface area contributed by atoms with Crippen molar-refractivity contribution in [2.45, 2.75) is 45.1 Å². The molecule has 0 fully saturated rings. The molecule has 10 heteroatoms. The van der Waals surface area contributed by atoms with Gasteiger partial charge in [-0.3, -0.25) is 15.1 Å². The molecule has 3 aromatic carbocycles. The molecule has 1 heterocycles. The SMILES string of the molecule is Cc1cccc(F)c1-c1cccc2c1CC[C@@H]2Oc1cc(OCc2cncc(C#N)c2)c(CN[C@@H](CO)C(=O)O)cc1Cl. The number of nitriles is 1. The van der Waals surface area contributed by atoms with E-state index in [1.807, 2.05) is 37.3 Å². The summed E-state index contributed by atoms with van der Waals surface area (Å²) >= 11 is 6.67. The number of aliphatic hydroxyl groups is 1. The Balaban J connectivity index is 1.44. The molecule has 0 saturated heterocycles. The number of nitrogens with zero attached hydrogens (tertiary/aromatic N) is 2. The molecule has 3 N–H and O–H groups in total. The number of halogens is 2. The number of aliphatic hydroxyl groups excluding tert-OH is 1. The van der Waals surface area contributed by atoms with Crippen LogP contribution in [0.15, 0.2) is 67.0 Å². The minimum Gasteiger partial charge on any atom is -0.488 e. The lowest BCUT2D eigenvalue weighted by atomic mass is 9.93. The van der Waals surface area contributed by atoms with Gasteiger partial charge in [-0.15, -0.1) is 0 Å². The van der Waals surface area contributed by atoms with Crippen LogP contribution in [0, 0.1) is 24.1 Å².